The van der Waals surface area contributed by atoms with Crippen molar-refractivity contribution in [2.24, 2.45) is 0 Å². The third-order valence-corrected chi connectivity index (χ3v) is 5.83. The molecule has 2 rings (SSSR count). The Balaban J connectivity index is 2.33. The molecule has 1 aliphatic carbocycles. The lowest BCUT2D eigenvalue weighted by Gasteiger charge is -2.27. The minimum atomic E-state index is -3.73. The lowest BCUT2D eigenvalue weighted by atomic mass is 10.2. The molecule has 0 bridgehead atoms. The molecule has 0 aliphatic heterocycles. The average molecular weight is 332 g/mol. The summed E-state index contributed by atoms with van der Waals surface area (Å²) in [6, 6.07) is 5.82. The highest BCUT2D eigenvalue weighted by atomic mass is 35.5. The molecule has 0 heterocycles. The lowest BCUT2D eigenvalue weighted by molar-refractivity contribution is -0.141. The Bertz CT molecular complexity index is 594. The number of halogens is 1. The molecule has 0 spiro atoms. The van der Waals surface area contributed by atoms with Crippen molar-refractivity contribution in [3.8, 4) is 0 Å². The van der Waals surface area contributed by atoms with E-state index in [1.807, 2.05) is 0 Å². The van der Waals surface area contributed by atoms with Gasteiger partial charge in [-0.1, -0.05) is 24.4 Å². The first kappa shape index (κ1) is 16.3. The Morgan fingerprint density at radius 2 is 1.86 bits per heavy atom. The molecule has 1 saturated carbocycles. The van der Waals surface area contributed by atoms with Crippen molar-refractivity contribution in [1.82, 2.24) is 4.31 Å². The fourth-order valence-corrected chi connectivity index (χ4v) is 4.29. The quantitative estimate of drug-likeness (QED) is 0.777. The van der Waals surface area contributed by atoms with Gasteiger partial charge in [-0.2, -0.15) is 4.31 Å². The Morgan fingerprint density at radius 3 is 2.38 bits per heavy atom. The van der Waals surface area contributed by atoms with E-state index in [9.17, 15) is 13.2 Å². The highest BCUT2D eigenvalue weighted by Gasteiger charge is 2.34. The first-order chi connectivity index (χ1) is 9.95. The second-order valence-corrected chi connectivity index (χ2v) is 7.35. The van der Waals surface area contributed by atoms with Gasteiger partial charge in [0.15, 0.2) is 0 Å². The van der Waals surface area contributed by atoms with E-state index in [0.29, 0.717) is 5.02 Å². The molecule has 7 heteroatoms. The average Bonchev–Trinajstić information content (AvgIpc) is 2.98. The van der Waals surface area contributed by atoms with Crippen molar-refractivity contribution in [3.05, 3.63) is 29.3 Å². The van der Waals surface area contributed by atoms with Gasteiger partial charge in [0.2, 0.25) is 10.0 Å². The van der Waals surface area contributed by atoms with Crippen LogP contribution in [0.3, 0.4) is 0 Å². The zero-order valence-electron chi connectivity index (χ0n) is 11.8. The van der Waals surface area contributed by atoms with Gasteiger partial charge in [0.05, 0.1) is 12.0 Å². The SMILES string of the molecule is COC(=O)CN(C1CCCC1)S(=O)(=O)c1ccc(Cl)cc1. The summed E-state index contributed by atoms with van der Waals surface area (Å²) in [7, 11) is -2.48. The van der Waals surface area contributed by atoms with E-state index in [2.05, 4.69) is 4.74 Å². The van der Waals surface area contributed by atoms with Crippen LogP contribution in [-0.2, 0) is 19.6 Å². The number of hydrogen-bond acceptors (Lipinski definition) is 4. The van der Waals surface area contributed by atoms with Gasteiger partial charge in [0, 0.05) is 11.1 Å². The van der Waals surface area contributed by atoms with E-state index in [1.165, 1.54) is 35.7 Å². The molecule has 5 nitrogen and oxygen atoms in total. The predicted molar refractivity (Wildman–Crippen MR) is 79.6 cm³/mol. The van der Waals surface area contributed by atoms with Crippen LogP contribution < -0.4 is 0 Å². The number of carbonyl (C=O) groups is 1. The van der Waals surface area contributed by atoms with Crippen LogP contribution in [0.5, 0.6) is 0 Å². The molecule has 0 N–H and O–H groups in total. The van der Waals surface area contributed by atoms with Gasteiger partial charge in [-0.05, 0) is 37.1 Å². The predicted octanol–water partition coefficient (Wildman–Crippen LogP) is 2.45. The number of hydrogen-bond donors (Lipinski definition) is 0. The monoisotopic (exact) mass is 331 g/mol. The standard InChI is InChI=1S/C14H18ClNO4S/c1-20-14(17)10-16(12-4-2-3-5-12)21(18,19)13-8-6-11(15)7-9-13/h6-9,12H,2-5,10H2,1H3. The first-order valence-corrected chi connectivity index (χ1v) is 8.61. The van der Waals surface area contributed by atoms with Gasteiger partial charge >= 0.3 is 5.97 Å². The molecule has 0 saturated heterocycles. The van der Waals surface area contributed by atoms with Crippen LogP contribution in [0.25, 0.3) is 0 Å². The zero-order valence-corrected chi connectivity index (χ0v) is 13.4. The van der Waals surface area contributed by atoms with Gasteiger partial charge in [-0.15, -0.1) is 0 Å². The van der Waals surface area contributed by atoms with Crippen LogP contribution in [0.4, 0.5) is 0 Å². The molecule has 1 aromatic carbocycles. The third-order valence-electron chi connectivity index (χ3n) is 3.66. The van der Waals surface area contributed by atoms with Crippen LogP contribution in [0.1, 0.15) is 25.7 Å². The van der Waals surface area contributed by atoms with E-state index in [4.69, 9.17) is 11.6 Å². The number of esters is 1. The maximum atomic E-state index is 12.8. The fourth-order valence-electron chi connectivity index (χ4n) is 2.54. The van der Waals surface area contributed by atoms with Crippen LogP contribution in [0.2, 0.25) is 5.02 Å². The highest BCUT2D eigenvalue weighted by Crippen LogP contribution is 2.29. The summed E-state index contributed by atoms with van der Waals surface area (Å²) in [5, 5.41) is 0.467. The van der Waals surface area contributed by atoms with Crippen LogP contribution in [-0.4, -0.2) is 38.4 Å². The van der Waals surface area contributed by atoms with E-state index in [0.717, 1.165) is 25.7 Å². The Hall–Kier alpha value is -1.11. The molecular formula is C14H18ClNO4S. The Morgan fingerprint density at radius 1 is 1.29 bits per heavy atom. The van der Waals surface area contributed by atoms with Gasteiger partial charge in [-0.25, -0.2) is 8.42 Å². The number of nitrogens with zero attached hydrogens (tertiary/aromatic N) is 1. The topological polar surface area (TPSA) is 63.7 Å². The van der Waals surface area contributed by atoms with Crippen molar-refractivity contribution in [2.75, 3.05) is 13.7 Å². The number of benzene rings is 1. The van der Waals surface area contributed by atoms with Gasteiger partial charge < -0.3 is 4.74 Å². The molecule has 0 atom stereocenters. The van der Waals surface area contributed by atoms with Crippen molar-refractivity contribution >= 4 is 27.6 Å². The van der Waals surface area contributed by atoms with E-state index in [-0.39, 0.29) is 17.5 Å². The summed E-state index contributed by atoms with van der Waals surface area (Å²) in [5.74, 6) is -0.556. The summed E-state index contributed by atoms with van der Waals surface area (Å²) in [5.41, 5.74) is 0. The minimum Gasteiger partial charge on any atom is -0.468 e. The van der Waals surface area contributed by atoms with Crippen LogP contribution in [0.15, 0.2) is 29.2 Å². The molecular weight excluding hydrogens is 314 g/mol. The van der Waals surface area contributed by atoms with Gasteiger partial charge in [0.25, 0.3) is 0 Å². The Labute approximate surface area is 129 Å². The minimum absolute atomic E-state index is 0.141. The summed E-state index contributed by atoms with van der Waals surface area (Å²) in [6.07, 6.45) is 3.48. The van der Waals surface area contributed by atoms with E-state index >= 15 is 0 Å². The number of ether oxygens (including phenoxy) is 1. The second kappa shape index (κ2) is 6.77. The summed E-state index contributed by atoms with van der Waals surface area (Å²) >= 11 is 5.79. The highest BCUT2D eigenvalue weighted by molar-refractivity contribution is 7.89. The summed E-state index contributed by atoms with van der Waals surface area (Å²) in [6.45, 7) is -0.258. The molecule has 0 aromatic heterocycles. The van der Waals surface area contributed by atoms with Crippen LogP contribution in [0, 0.1) is 0 Å². The number of rotatable bonds is 5. The summed E-state index contributed by atoms with van der Waals surface area (Å²) < 4.78 is 31.4. The lowest BCUT2D eigenvalue weighted by Crippen LogP contribution is -2.42. The van der Waals surface area contributed by atoms with E-state index in [1.54, 1.807) is 0 Å². The Kier molecular flexibility index (Phi) is 5.24. The van der Waals surface area contributed by atoms with Crippen molar-refractivity contribution in [2.45, 2.75) is 36.6 Å². The first-order valence-electron chi connectivity index (χ1n) is 6.79. The van der Waals surface area contributed by atoms with Crippen molar-refractivity contribution < 1.29 is 17.9 Å². The molecule has 21 heavy (non-hydrogen) atoms. The largest absolute Gasteiger partial charge is 0.468 e. The van der Waals surface area contributed by atoms with Gasteiger partial charge in [0.1, 0.15) is 6.54 Å². The molecule has 1 fully saturated rings. The fraction of sp³-hybridized carbons (Fsp3) is 0.500. The number of sulfonamides is 1. The van der Waals surface area contributed by atoms with Crippen molar-refractivity contribution in [1.29, 1.82) is 0 Å². The molecule has 1 aromatic rings. The molecule has 0 radical (unpaired) electrons. The molecule has 0 unspecified atom stereocenters. The molecule has 0 amide bonds. The maximum Gasteiger partial charge on any atom is 0.321 e. The zero-order chi connectivity index (χ0) is 15.5. The smallest absolute Gasteiger partial charge is 0.321 e. The second-order valence-electron chi connectivity index (χ2n) is 5.02. The maximum absolute atomic E-state index is 12.8. The van der Waals surface area contributed by atoms with Crippen molar-refractivity contribution in [3.63, 3.8) is 0 Å². The molecule has 1 aliphatic rings. The third kappa shape index (κ3) is 3.75. The molecule has 116 valence electrons. The number of methoxy groups -OCH3 is 1. The van der Waals surface area contributed by atoms with Crippen LogP contribution >= 0.6 is 11.6 Å². The van der Waals surface area contributed by atoms with E-state index < -0.39 is 16.0 Å². The normalized spacial score (nSPS) is 16.3. The van der Waals surface area contributed by atoms with Gasteiger partial charge in [-0.3, -0.25) is 4.79 Å². The number of carbonyl (C=O) groups excluding carboxylic acids is 1. The summed E-state index contributed by atoms with van der Waals surface area (Å²) in [4.78, 5) is 11.7.